The molecule has 0 spiro atoms. The minimum Gasteiger partial charge on any atom is -0.391 e. The Morgan fingerprint density at radius 3 is 1.48 bits per heavy atom. The number of aliphatic hydroxyl groups excluding tert-OH is 1. The predicted molar refractivity (Wildman–Crippen MR) is 240 cm³/mol. The van der Waals surface area contributed by atoms with Crippen molar-refractivity contribution < 1.29 is 32.9 Å². The minimum absolute atomic E-state index is 0.0492. The molecule has 3 atom stereocenters. The van der Waals surface area contributed by atoms with Crippen LogP contribution in [0.25, 0.3) is 0 Å². The zero-order valence-electron chi connectivity index (χ0n) is 37.1. The lowest BCUT2D eigenvalue weighted by atomic mass is 10.0. The third-order valence-electron chi connectivity index (χ3n) is 10.1. The van der Waals surface area contributed by atoms with Crippen LogP contribution >= 0.6 is 7.82 Å². The Kier molecular flexibility index (Phi) is 37.9. The van der Waals surface area contributed by atoms with Gasteiger partial charge in [0.2, 0.25) is 5.91 Å². The van der Waals surface area contributed by atoms with E-state index in [0.29, 0.717) is 17.4 Å². The zero-order chi connectivity index (χ0) is 41.4. The number of nitrogens with one attached hydrogen (secondary N) is 1. The maximum Gasteiger partial charge on any atom is 0.472 e. The largest absolute Gasteiger partial charge is 0.472 e. The second-order valence-corrected chi connectivity index (χ2v) is 18.3. The van der Waals surface area contributed by atoms with Crippen LogP contribution in [0.3, 0.4) is 0 Å². The molecule has 0 bridgehead atoms. The van der Waals surface area contributed by atoms with Crippen molar-refractivity contribution in [3.63, 3.8) is 0 Å². The second kappa shape index (κ2) is 38.9. The topological polar surface area (TPSA) is 105 Å². The molecule has 3 N–H and O–H groups in total. The molecule has 1 unspecified atom stereocenters. The number of likely N-dealkylation sites (N-methyl/N-ethyl adjacent to an activating group) is 1. The van der Waals surface area contributed by atoms with Gasteiger partial charge in [-0.25, -0.2) is 4.57 Å². The molecule has 0 aromatic heterocycles. The molecule has 0 aliphatic rings. The smallest absolute Gasteiger partial charge is 0.391 e. The lowest BCUT2D eigenvalue weighted by Crippen LogP contribution is -2.46. The van der Waals surface area contributed by atoms with Crippen LogP contribution in [0.15, 0.2) is 48.6 Å². The first-order valence-corrected chi connectivity index (χ1v) is 24.5. The molecule has 0 aromatic carbocycles. The van der Waals surface area contributed by atoms with E-state index in [-0.39, 0.29) is 25.5 Å². The van der Waals surface area contributed by atoms with E-state index in [1.54, 1.807) is 0 Å². The third kappa shape index (κ3) is 40.6. The molecule has 1 amide bonds. The lowest BCUT2D eigenvalue weighted by Gasteiger charge is -2.26. The summed E-state index contributed by atoms with van der Waals surface area (Å²) in [5.41, 5.74) is 0. The third-order valence-corrected chi connectivity index (χ3v) is 11.1. The molecule has 0 saturated heterocycles. The van der Waals surface area contributed by atoms with Crippen LogP contribution < -0.4 is 5.32 Å². The monoisotopic (exact) mass is 810 g/mol. The van der Waals surface area contributed by atoms with Gasteiger partial charge in [-0.2, -0.15) is 0 Å². The van der Waals surface area contributed by atoms with Crippen LogP contribution in [0.5, 0.6) is 0 Å². The van der Waals surface area contributed by atoms with Gasteiger partial charge in [0, 0.05) is 6.42 Å². The minimum atomic E-state index is -4.35. The Bertz CT molecular complexity index is 1050. The molecule has 8 nitrogen and oxygen atoms in total. The average molecular weight is 810 g/mol. The molecule has 0 saturated carbocycles. The van der Waals surface area contributed by atoms with Crippen LogP contribution in [0.4, 0.5) is 0 Å². The van der Waals surface area contributed by atoms with Crippen LogP contribution in [-0.4, -0.2) is 73.4 Å². The fraction of sp³-hybridized carbons (Fsp3) is 0.809. The first-order chi connectivity index (χ1) is 27.0. The number of phosphoric ester groups is 1. The van der Waals surface area contributed by atoms with Gasteiger partial charge in [-0.05, 0) is 44.9 Å². The van der Waals surface area contributed by atoms with Gasteiger partial charge in [0.25, 0.3) is 0 Å². The number of unbranched alkanes of at least 4 members (excludes halogenated alkanes) is 22. The van der Waals surface area contributed by atoms with E-state index < -0.39 is 20.0 Å². The first-order valence-electron chi connectivity index (χ1n) is 23.0. The van der Waals surface area contributed by atoms with Gasteiger partial charge in [-0.3, -0.25) is 13.8 Å². The summed E-state index contributed by atoms with van der Waals surface area (Å²) in [5.74, 6) is -0.285. The maximum absolute atomic E-state index is 12.8. The highest BCUT2D eigenvalue weighted by Crippen LogP contribution is 2.43. The SMILES string of the molecule is CCCCCCCCCCCCC=CC[C@@H](O)[C@H](COP(=O)(O)OCC[N+](C)(C)C)NC(=O)CC=CCC=CCC=CCCCCCCCCCCCCCC. The summed E-state index contributed by atoms with van der Waals surface area (Å²) in [4.78, 5) is 23.1. The van der Waals surface area contributed by atoms with E-state index in [1.807, 2.05) is 39.4 Å². The van der Waals surface area contributed by atoms with Crippen molar-refractivity contribution in [3.05, 3.63) is 48.6 Å². The summed E-state index contributed by atoms with van der Waals surface area (Å²) in [6, 6.07) is -0.859. The fourth-order valence-electron chi connectivity index (χ4n) is 6.38. The molecule has 0 heterocycles. The molecule has 0 fully saturated rings. The van der Waals surface area contributed by atoms with Gasteiger partial charge in [0.1, 0.15) is 13.2 Å². The van der Waals surface area contributed by atoms with E-state index in [0.717, 1.165) is 32.1 Å². The number of nitrogens with zero attached hydrogens (tertiary/aromatic N) is 1. The summed E-state index contributed by atoms with van der Waals surface area (Å²) in [6.45, 7) is 4.76. The molecular formula is C47H90N2O6P+. The Labute approximate surface area is 346 Å². The van der Waals surface area contributed by atoms with Gasteiger partial charge < -0.3 is 19.8 Å². The van der Waals surface area contributed by atoms with Gasteiger partial charge >= 0.3 is 7.82 Å². The van der Waals surface area contributed by atoms with Crippen molar-refractivity contribution in [2.45, 2.75) is 206 Å². The van der Waals surface area contributed by atoms with Crippen molar-refractivity contribution in [2.75, 3.05) is 40.9 Å². The van der Waals surface area contributed by atoms with E-state index in [1.165, 1.54) is 135 Å². The maximum atomic E-state index is 12.8. The molecule has 0 aliphatic carbocycles. The van der Waals surface area contributed by atoms with Gasteiger partial charge in [-0.1, -0.05) is 191 Å². The zero-order valence-corrected chi connectivity index (χ0v) is 38.0. The average Bonchev–Trinajstić information content (AvgIpc) is 3.15. The molecule has 0 aromatic rings. The second-order valence-electron chi connectivity index (χ2n) is 16.8. The molecule has 0 aliphatic heterocycles. The van der Waals surface area contributed by atoms with Crippen LogP contribution in [0.2, 0.25) is 0 Å². The number of phosphoric acid groups is 1. The number of hydrogen-bond acceptors (Lipinski definition) is 5. The van der Waals surface area contributed by atoms with Crippen molar-refractivity contribution in [2.24, 2.45) is 0 Å². The van der Waals surface area contributed by atoms with E-state index in [9.17, 15) is 19.4 Å². The Morgan fingerprint density at radius 2 is 1.02 bits per heavy atom. The highest BCUT2D eigenvalue weighted by molar-refractivity contribution is 7.47. The number of aliphatic hydroxyl groups is 1. The number of quaternary nitrogens is 1. The standard InChI is InChI=1S/C47H89N2O6P/c1-6-8-10-12-14-16-18-20-21-22-23-24-25-26-27-29-31-33-35-37-39-41-47(51)48-45(44-55-56(52,53)54-43-42-49(3,4)5)46(50)40-38-36-34-32-30-28-19-17-15-13-11-9-7-2/h26-27,31,33,36-39,45-46,50H,6-25,28-30,32,34-35,40-44H2,1-5H3,(H-,48,51,52,53)/p+1/t45-,46+/m0/s1. The van der Waals surface area contributed by atoms with Gasteiger partial charge in [0.15, 0.2) is 0 Å². The Balaban J connectivity index is 4.48. The first kappa shape index (κ1) is 54.5. The highest BCUT2D eigenvalue weighted by atomic mass is 31.2. The molecule has 9 heteroatoms. The van der Waals surface area contributed by atoms with Crippen LogP contribution in [0, 0.1) is 0 Å². The number of hydrogen-bond donors (Lipinski definition) is 3. The number of amides is 1. The van der Waals surface area contributed by atoms with Crippen molar-refractivity contribution in [3.8, 4) is 0 Å². The summed E-state index contributed by atoms with van der Waals surface area (Å²) < 4.78 is 23.5. The molecule has 0 rings (SSSR count). The van der Waals surface area contributed by atoms with Crippen molar-refractivity contribution in [1.82, 2.24) is 5.32 Å². The molecule has 328 valence electrons. The Morgan fingerprint density at radius 1 is 0.607 bits per heavy atom. The number of allylic oxidation sites excluding steroid dienone is 6. The lowest BCUT2D eigenvalue weighted by molar-refractivity contribution is -0.870. The van der Waals surface area contributed by atoms with E-state index in [2.05, 4.69) is 49.5 Å². The van der Waals surface area contributed by atoms with Crippen molar-refractivity contribution >= 4 is 13.7 Å². The summed E-state index contributed by atoms with van der Waals surface area (Å²) in [5, 5.41) is 13.8. The fourth-order valence-corrected chi connectivity index (χ4v) is 7.11. The molecular weight excluding hydrogens is 719 g/mol. The normalized spacial score (nSPS) is 14.8. The summed E-state index contributed by atoms with van der Waals surface area (Å²) in [6.07, 6.45) is 49.1. The number of rotatable bonds is 41. The quantitative estimate of drug-likeness (QED) is 0.0246. The molecule has 56 heavy (non-hydrogen) atoms. The van der Waals surface area contributed by atoms with E-state index in [4.69, 9.17) is 9.05 Å². The number of carbonyl (C=O) groups is 1. The predicted octanol–water partition coefficient (Wildman–Crippen LogP) is 12.9. The van der Waals surface area contributed by atoms with Gasteiger partial charge in [0.05, 0.1) is 39.9 Å². The summed E-state index contributed by atoms with van der Waals surface area (Å²) in [7, 11) is 1.53. The Hall–Kier alpha value is -1.54. The van der Waals surface area contributed by atoms with Crippen LogP contribution in [0.1, 0.15) is 194 Å². The highest BCUT2D eigenvalue weighted by Gasteiger charge is 2.28. The van der Waals surface area contributed by atoms with Crippen molar-refractivity contribution in [1.29, 1.82) is 0 Å². The van der Waals surface area contributed by atoms with Crippen LogP contribution in [-0.2, 0) is 18.4 Å². The summed E-state index contributed by atoms with van der Waals surface area (Å²) >= 11 is 0. The number of carbonyl (C=O) groups excluding carboxylic acids is 1. The molecule has 0 radical (unpaired) electrons. The van der Waals surface area contributed by atoms with Gasteiger partial charge in [-0.15, -0.1) is 0 Å². The van der Waals surface area contributed by atoms with E-state index >= 15 is 0 Å².